The van der Waals surface area contributed by atoms with E-state index in [9.17, 15) is 0 Å². The monoisotopic (exact) mass is 181 g/mol. The molecule has 0 fully saturated rings. The molecule has 1 aromatic rings. The summed E-state index contributed by atoms with van der Waals surface area (Å²) >= 11 is 0. The van der Waals surface area contributed by atoms with Crippen molar-refractivity contribution >= 4 is 0 Å². The molecule has 1 heterocycles. The molecule has 0 amide bonds. The molecule has 74 valence electrons. The minimum atomic E-state index is 0.553. The second-order valence-electron chi connectivity index (χ2n) is 3.79. The van der Waals surface area contributed by atoms with E-state index < -0.39 is 0 Å². The van der Waals surface area contributed by atoms with Crippen molar-refractivity contribution in [1.29, 1.82) is 0 Å². The number of likely N-dealkylation sites (N-methyl/N-ethyl adjacent to an activating group) is 1. The largest absolute Gasteiger partial charge is 0.319 e. The fourth-order valence-electron chi connectivity index (χ4n) is 1.65. The average Bonchev–Trinajstić information content (AvgIpc) is 2.47. The topological polar surface area (TPSA) is 29.9 Å². The lowest BCUT2D eigenvalue weighted by atomic mass is 9.92. The Balaban J connectivity index is 2.82. The summed E-state index contributed by atoms with van der Waals surface area (Å²) in [4.78, 5) is 0. The zero-order chi connectivity index (χ0) is 9.84. The van der Waals surface area contributed by atoms with Gasteiger partial charge in [-0.1, -0.05) is 13.8 Å². The van der Waals surface area contributed by atoms with E-state index in [4.69, 9.17) is 0 Å². The Labute approximate surface area is 80.1 Å². The molecular weight excluding hydrogens is 162 g/mol. The molecule has 13 heavy (non-hydrogen) atoms. The van der Waals surface area contributed by atoms with E-state index in [1.54, 1.807) is 0 Å². The highest BCUT2D eigenvalue weighted by Crippen LogP contribution is 2.22. The molecule has 0 aliphatic carbocycles. The maximum atomic E-state index is 4.19. The molecule has 1 unspecified atom stereocenters. The fraction of sp³-hybridized carbons (Fsp3) is 0.700. The number of aryl methyl sites for hydroxylation is 1. The summed E-state index contributed by atoms with van der Waals surface area (Å²) < 4.78 is 1.96. The predicted octanol–water partition coefficient (Wildman–Crippen LogP) is 1.38. The lowest BCUT2D eigenvalue weighted by Crippen LogP contribution is -2.23. The molecule has 1 atom stereocenters. The Bertz CT molecular complexity index is 252. The fourth-order valence-corrected chi connectivity index (χ4v) is 1.65. The SMILES string of the molecule is CNCC(c1ccnn1C)C(C)C. The Morgan fingerprint density at radius 2 is 2.23 bits per heavy atom. The smallest absolute Gasteiger partial charge is 0.0492 e. The Morgan fingerprint density at radius 1 is 1.54 bits per heavy atom. The predicted molar refractivity (Wildman–Crippen MR) is 54.7 cm³/mol. The minimum Gasteiger partial charge on any atom is -0.319 e. The van der Waals surface area contributed by atoms with Gasteiger partial charge in [0.05, 0.1) is 0 Å². The van der Waals surface area contributed by atoms with E-state index in [2.05, 4.69) is 30.3 Å². The number of hydrogen-bond acceptors (Lipinski definition) is 2. The highest BCUT2D eigenvalue weighted by Gasteiger charge is 2.17. The van der Waals surface area contributed by atoms with Crippen molar-refractivity contribution in [1.82, 2.24) is 15.1 Å². The second kappa shape index (κ2) is 4.42. The van der Waals surface area contributed by atoms with Crippen LogP contribution in [0.4, 0.5) is 0 Å². The van der Waals surface area contributed by atoms with Crippen LogP contribution in [0.3, 0.4) is 0 Å². The number of nitrogens with one attached hydrogen (secondary N) is 1. The molecule has 0 aromatic carbocycles. The number of nitrogens with zero attached hydrogens (tertiary/aromatic N) is 2. The van der Waals surface area contributed by atoms with E-state index in [0.29, 0.717) is 11.8 Å². The molecule has 0 bridgehead atoms. The molecular formula is C10H19N3. The first-order valence-corrected chi connectivity index (χ1v) is 4.79. The van der Waals surface area contributed by atoms with Crippen molar-refractivity contribution in [2.75, 3.05) is 13.6 Å². The van der Waals surface area contributed by atoms with E-state index in [0.717, 1.165) is 6.54 Å². The van der Waals surface area contributed by atoms with Gasteiger partial charge in [0.2, 0.25) is 0 Å². The molecule has 0 spiro atoms. The maximum absolute atomic E-state index is 4.19. The standard InChI is InChI=1S/C10H19N3/c1-8(2)9(7-11-3)10-5-6-12-13(10)4/h5-6,8-9,11H,7H2,1-4H3. The quantitative estimate of drug-likeness (QED) is 0.760. The maximum Gasteiger partial charge on any atom is 0.0492 e. The molecule has 1 N–H and O–H groups in total. The van der Waals surface area contributed by atoms with Crippen LogP contribution in [0.1, 0.15) is 25.5 Å². The summed E-state index contributed by atoms with van der Waals surface area (Å²) in [5.41, 5.74) is 1.31. The van der Waals surface area contributed by atoms with E-state index in [1.165, 1.54) is 5.69 Å². The van der Waals surface area contributed by atoms with Gasteiger partial charge in [-0.2, -0.15) is 5.10 Å². The van der Waals surface area contributed by atoms with Gasteiger partial charge in [0, 0.05) is 31.4 Å². The summed E-state index contributed by atoms with van der Waals surface area (Å²) in [5.74, 6) is 1.19. The van der Waals surface area contributed by atoms with E-state index in [1.807, 2.05) is 25.0 Å². The molecule has 0 saturated carbocycles. The zero-order valence-corrected chi connectivity index (χ0v) is 8.91. The van der Waals surface area contributed by atoms with E-state index in [-0.39, 0.29) is 0 Å². The molecule has 0 aliphatic rings. The van der Waals surface area contributed by atoms with Gasteiger partial charge in [0.25, 0.3) is 0 Å². The molecule has 0 aliphatic heterocycles. The van der Waals surface area contributed by atoms with Crippen molar-refractivity contribution in [3.05, 3.63) is 18.0 Å². The lowest BCUT2D eigenvalue weighted by Gasteiger charge is -2.20. The molecule has 1 aromatic heterocycles. The molecule has 0 saturated heterocycles. The third kappa shape index (κ3) is 2.31. The van der Waals surface area contributed by atoms with Crippen molar-refractivity contribution in [3.63, 3.8) is 0 Å². The van der Waals surface area contributed by atoms with Crippen LogP contribution in [0, 0.1) is 5.92 Å². The van der Waals surface area contributed by atoms with Crippen LogP contribution in [0.2, 0.25) is 0 Å². The summed E-state index contributed by atoms with van der Waals surface area (Å²) in [7, 11) is 3.99. The Hall–Kier alpha value is -0.830. The average molecular weight is 181 g/mol. The van der Waals surface area contributed by atoms with Gasteiger partial charge in [-0.15, -0.1) is 0 Å². The highest BCUT2D eigenvalue weighted by atomic mass is 15.3. The van der Waals surface area contributed by atoms with Crippen molar-refractivity contribution < 1.29 is 0 Å². The van der Waals surface area contributed by atoms with Crippen LogP contribution in [0.25, 0.3) is 0 Å². The summed E-state index contributed by atoms with van der Waals surface area (Å²) in [6.07, 6.45) is 1.86. The van der Waals surface area contributed by atoms with Crippen LogP contribution in [0.5, 0.6) is 0 Å². The lowest BCUT2D eigenvalue weighted by molar-refractivity contribution is 0.451. The molecule has 1 rings (SSSR count). The molecule has 3 heteroatoms. The summed E-state index contributed by atoms with van der Waals surface area (Å²) in [6.45, 7) is 5.50. The third-order valence-electron chi connectivity index (χ3n) is 2.47. The first-order chi connectivity index (χ1) is 6.16. The first kappa shape index (κ1) is 10.3. The van der Waals surface area contributed by atoms with Crippen LogP contribution in [-0.2, 0) is 7.05 Å². The zero-order valence-electron chi connectivity index (χ0n) is 8.91. The molecule has 0 radical (unpaired) electrons. The van der Waals surface area contributed by atoms with Crippen molar-refractivity contribution in [2.45, 2.75) is 19.8 Å². The van der Waals surface area contributed by atoms with Crippen LogP contribution in [-0.4, -0.2) is 23.4 Å². The van der Waals surface area contributed by atoms with Gasteiger partial charge < -0.3 is 5.32 Å². The van der Waals surface area contributed by atoms with Crippen LogP contribution in [0.15, 0.2) is 12.3 Å². The number of aromatic nitrogens is 2. The summed E-state index contributed by atoms with van der Waals surface area (Å²) in [6, 6.07) is 2.10. The van der Waals surface area contributed by atoms with Gasteiger partial charge in [0.15, 0.2) is 0 Å². The van der Waals surface area contributed by atoms with Crippen molar-refractivity contribution in [2.24, 2.45) is 13.0 Å². The van der Waals surface area contributed by atoms with Gasteiger partial charge in [-0.3, -0.25) is 4.68 Å². The van der Waals surface area contributed by atoms with Crippen LogP contribution >= 0.6 is 0 Å². The summed E-state index contributed by atoms with van der Waals surface area (Å²) in [5, 5.41) is 7.41. The minimum absolute atomic E-state index is 0.553. The highest BCUT2D eigenvalue weighted by molar-refractivity contribution is 5.09. The van der Waals surface area contributed by atoms with Gasteiger partial charge >= 0.3 is 0 Å². The van der Waals surface area contributed by atoms with E-state index >= 15 is 0 Å². The number of rotatable bonds is 4. The van der Waals surface area contributed by atoms with Crippen LogP contribution < -0.4 is 5.32 Å². The normalized spacial score (nSPS) is 13.6. The van der Waals surface area contributed by atoms with Gasteiger partial charge in [0.1, 0.15) is 0 Å². The number of hydrogen-bond donors (Lipinski definition) is 1. The third-order valence-corrected chi connectivity index (χ3v) is 2.47. The van der Waals surface area contributed by atoms with Gasteiger partial charge in [-0.05, 0) is 19.0 Å². The Kier molecular flexibility index (Phi) is 3.48. The second-order valence-corrected chi connectivity index (χ2v) is 3.79. The first-order valence-electron chi connectivity index (χ1n) is 4.79. The molecule has 3 nitrogen and oxygen atoms in total. The van der Waals surface area contributed by atoms with Crippen molar-refractivity contribution in [3.8, 4) is 0 Å². The Morgan fingerprint density at radius 3 is 2.62 bits per heavy atom. The van der Waals surface area contributed by atoms with Gasteiger partial charge in [-0.25, -0.2) is 0 Å².